The van der Waals surface area contributed by atoms with Crippen LogP contribution in [0, 0.1) is 0 Å². The zero-order valence-electron chi connectivity index (χ0n) is 13.7. The standard InChI is InChI=1S/C17H21N3O3S/c1-20(2)14(15-7-4-8-24-15)10-19-16(21)11-23-13-6-3-5-12(9-13)17(18)22/h3-9,14H,10-11H2,1-2H3,(H2,18,22)(H,19,21)/t14-/m1/s1. The van der Waals surface area contributed by atoms with Crippen LogP contribution in [0.25, 0.3) is 0 Å². The van der Waals surface area contributed by atoms with E-state index in [0.717, 1.165) is 0 Å². The van der Waals surface area contributed by atoms with E-state index < -0.39 is 5.91 Å². The van der Waals surface area contributed by atoms with Crippen molar-refractivity contribution < 1.29 is 14.3 Å². The predicted molar refractivity (Wildman–Crippen MR) is 94.2 cm³/mol. The molecule has 6 nitrogen and oxygen atoms in total. The highest BCUT2D eigenvalue weighted by atomic mass is 32.1. The summed E-state index contributed by atoms with van der Waals surface area (Å²) in [6, 6.07) is 10.6. The Labute approximate surface area is 145 Å². The lowest BCUT2D eigenvalue weighted by molar-refractivity contribution is -0.123. The van der Waals surface area contributed by atoms with E-state index in [9.17, 15) is 9.59 Å². The summed E-state index contributed by atoms with van der Waals surface area (Å²) in [6.45, 7) is 0.379. The molecule has 2 rings (SSSR count). The molecule has 7 heteroatoms. The number of amides is 2. The number of hydrogen-bond donors (Lipinski definition) is 2. The van der Waals surface area contributed by atoms with Crippen LogP contribution in [0.4, 0.5) is 0 Å². The molecule has 0 unspecified atom stereocenters. The largest absolute Gasteiger partial charge is 0.484 e. The van der Waals surface area contributed by atoms with Gasteiger partial charge < -0.3 is 20.7 Å². The number of likely N-dealkylation sites (N-methyl/N-ethyl adjacent to an activating group) is 1. The normalized spacial score (nSPS) is 12.0. The SMILES string of the molecule is CN(C)[C@H](CNC(=O)COc1cccc(C(N)=O)c1)c1cccs1. The monoisotopic (exact) mass is 347 g/mol. The van der Waals surface area contributed by atoms with Gasteiger partial charge in [0.05, 0.1) is 6.04 Å². The van der Waals surface area contributed by atoms with Gasteiger partial charge >= 0.3 is 0 Å². The quantitative estimate of drug-likeness (QED) is 0.760. The van der Waals surface area contributed by atoms with Crippen LogP contribution in [-0.4, -0.2) is 44.0 Å². The minimum absolute atomic E-state index is 0.118. The van der Waals surface area contributed by atoms with Crippen LogP contribution in [-0.2, 0) is 4.79 Å². The molecule has 0 saturated heterocycles. The molecule has 24 heavy (non-hydrogen) atoms. The smallest absolute Gasteiger partial charge is 0.258 e. The first-order valence-electron chi connectivity index (χ1n) is 7.46. The zero-order valence-corrected chi connectivity index (χ0v) is 14.5. The summed E-state index contributed by atoms with van der Waals surface area (Å²) in [7, 11) is 3.95. The number of nitrogens with one attached hydrogen (secondary N) is 1. The maximum atomic E-state index is 12.0. The van der Waals surface area contributed by atoms with Crippen molar-refractivity contribution in [2.24, 2.45) is 5.73 Å². The molecule has 1 heterocycles. The van der Waals surface area contributed by atoms with Crippen LogP contribution in [0.15, 0.2) is 41.8 Å². The van der Waals surface area contributed by atoms with E-state index >= 15 is 0 Å². The third-order valence-corrected chi connectivity index (χ3v) is 4.45. The van der Waals surface area contributed by atoms with Crippen molar-refractivity contribution in [2.45, 2.75) is 6.04 Å². The van der Waals surface area contributed by atoms with Crippen molar-refractivity contribution in [3.63, 3.8) is 0 Å². The summed E-state index contributed by atoms with van der Waals surface area (Å²) in [6.07, 6.45) is 0. The second-order valence-electron chi connectivity index (χ2n) is 5.48. The van der Waals surface area contributed by atoms with Crippen molar-refractivity contribution in [3.8, 4) is 5.75 Å². The average Bonchev–Trinajstić information content (AvgIpc) is 3.07. The minimum atomic E-state index is -0.533. The van der Waals surface area contributed by atoms with E-state index in [1.165, 1.54) is 10.9 Å². The Morgan fingerprint density at radius 2 is 2.08 bits per heavy atom. The number of primary amides is 1. The van der Waals surface area contributed by atoms with Gasteiger partial charge in [0.1, 0.15) is 5.75 Å². The number of ether oxygens (including phenoxy) is 1. The van der Waals surface area contributed by atoms with Crippen LogP contribution in [0.1, 0.15) is 21.3 Å². The Balaban J connectivity index is 1.85. The summed E-state index contributed by atoms with van der Waals surface area (Å²) < 4.78 is 5.41. The van der Waals surface area contributed by atoms with E-state index in [1.807, 2.05) is 31.6 Å². The summed E-state index contributed by atoms with van der Waals surface area (Å²) in [5.74, 6) is -0.318. The lowest BCUT2D eigenvalue weighted by atomic mass is 10.2. The lowest BCUT2D eigenvalue weighted by Gasteiger charge is -2.23. The number of carbonyl (C=O) groups is 2. The first kappa shape index (κ1) is 18.0. The highest BCUT2D eigenvalue weighted by Gasteiger charge is 2.16. The predicted octanol–water partition coefficient (Wildman–Crippen LogP) is 1.64. The van der Waals surface area contributed by atoms with Gasteiger partial charge in [0.15, 0.2) is 6.61 Å². The van der Waals surface area contributed by atoms with Gasteiger partial charge in [0.2, 0.25) is 5.91 Å². The van der Waals surface area contributed by atoms with Crippen LogP contribution in [0.5, 0.6) is 5.75 Å². The molecule has 0 bridgehead atoms. The van der Waals surface area contributed by atoms with Gasteiger partial charge in [-0.2, -0.15) is 0 Å². The summed E-state index contributed by atoms with van der Waals surface area (Å²) in [5.41, 5.74) is 5.56. The lowest BCUT2D eigenvalue weighted by Crippen LogP contribution is -2.36. The molecule has 0 saturated carbocycles. The average molecular weight is 347 g/mol. The fourth-order valence-electron chi connectivity index (χ4n) is 2.17. The van der Waals surface area contributed by atoms with Crippen molar-refractivity contribution in [2.75, 3.05) is 27.2 Å². The second-order valence-corrected chi connectivity index (χ2v) is 6.46. The first-order chi connectivity index (χ1) is 11.5. The van der Waals surface area contributed by atoms with Gasteiger partial charge in [-0.1, -0.05) is 12.1 Å². The molecule has 2 amide bonds. The fourth-order valence-corrected chi connectivity index (χ4v) is 3.09. The van der Waals surface area contributed by atoms with E-state index in [0.29, 0.717) is 17.9 Å². The molecule has 0 aliphatic heterocycles. The number of benzene rings is 1. The van der Waals surface area contributed by atoms with Crippen molar-refractivity contribution in [1.82, 2.24) is 10.2 Å². The topological polar surface area (TPSA) is 84.7 Å². The molecule has 1 atom stereocenters. The number of thiophene rings is 1. The molecule has 1 aromatic carbocycles. The molecule has 128 valence electrons. The van der Waals surface area contributed by atoms with E-state index in [4.69, 9.17) is 10.5 Å². The van der Waals surface area contributed by atoms with Gasteiger partial charge in [0, 0.05) is 17.0 Å². The van der Waals surface area contributed by atoms with Crippen LogP contribution < -0.4 is 15.8 Å². The Hall–Kier alpha value is -2.38. The van der Waals surface area contributed by atoms with Crippen molar-refractivity contribution in [1.29, 1.82) is 0 Å². The van der Waals surface area contributed by atoms with Crippen LogP contribution in [0.3, 0.4) is 0 Å². The van der Waals surface area contributed by atoms with Crippen LogP contribution in [0.2, 0.25) is 0 Å². The van der Waals surface area contributed by atoms with Gasteiger partial charge in [-0.05, 0) is 43.7 Å². The molecule has 0 aliphatic carbocycles. The van der Waals surface area contributed by atoms with E-state index in [2.05, 4.69) is 10.2 Å². The summed E-state index contributed by atoms with van der Waals surface area (Å²) in [4.78, 5) is 26.4. The fraction of sp³-hybridized carbons (Fsp3) is 0.294. The third kappa shape index (κ3) is 5.07. The Kier molecular flexibility index (Phi) is 6.34. The maximum absolute atomic E-state index is 12.0. The number of nitrogens with zero attached hydrogens (tertiary/aromatic N) is 1. The molecule has 0 spiro atoms. The Morgan fingerprint density at radius 3 is 2.71 bits per heavy atom. The highest BCUT2D eigenvalue weighted by Crippen LogP contribution is 2.22. The van der Waals surface area contributed by atoms with Gasteiger partial charge in [-0.3, -0.25) is 9.59 Å². The molecule has 3 N–H and O–H groups in total. The molecule has 0 fully saturated rings. The molecular weight excluding hydrogens is 326 g/mol. The number of carbonyl (C=O) groups excluding carboxylic acids is 2. The minimum Gasteiger partial charge on any atom is -0.484 e. The number of hydrogen-bond acceptors (Lipinski definition) is 5. The number of rotatable bonds is 8. The Bertz CT molecular complexity index is 686. The van der Waals surface area contributed by atoms with Gasteiger partial charge in [-0.15, -0.1) is 11.3 Å². The Morgan fingerprint density at radius 1 is 1.29 bits per heavy atom. The molecule has 0 aliphatic rings. The number of nitrogens with two attached hydrogens (primary N) is 1. The molecule has 0 radical (unpaired) electrons. The molecule has 2 aromatic rings. The summed E-state index contributed by atoms with van der Waals surface area (Å²) >= 11 is 1.66. The van der Waals surface area contributed by atoms with Gasteiger partial charge in [-0.25, -0.2) is 0 Å². The van der Waals surface area contributed by atoms with Crippen LogP contribution >= 0.6 is 11.3 Å². The summed E-state index contributed by atoms with van der Waals surface area (Å²) in [5, 5.41) is 4.89. The van der Waals surface area contributed by atoms with Crippen molar-refractivity contribution >= 4 is 23.2 Å². The van der Waals surface area contributed by atoms with E-state index in [1.54, 1.807) is 29.5 Å². The second kappa shape index (κ2) is 8.47. The third-order valence-electron chi connectivity index (χ3n) is 3.48. The highest BCUT2D eigenvalue weighted by molar-refractivity contribution is 7.10. The van der Waals surface area contributed by atoms with Crippen molar-refractivity contribution in [3.05, 3.63) is 52.2 Å². The first-order valence-corrected chi connectivity index (χ1v) is 8.34. The molecule has 1 aromatic heterocycles. The molecular formula is C17H21N3O3S. The van der Waals surface area contributed by atoms with E-state index in [-0.39, 0.29) is 18.6 Å². The zero-order chi connectivity index (χ0) is 17.5. The van der Waals surface area contributed by atoms with Gasteiger partial charge in [0.25, 0.3) is 5.91 Å². The maximum Gasteiger partial charge on any atom is 0.258 e.